The third kappa shape index (κ3) is 5.42. The first-order valence-electron chi connectivity index (χ1n) is 10.8. The molecule has 0 spiro atoms. The van der Waals surface area contributed by atoms with Gasteiger partial charge in [0.2, 0.25) is 5.75 Å². The fraction of sp³-hybridized carbons (Fsp3) is 0.320. The van der Waals surface area contributed by atoms with Gasteiger partial charge in [0.1, 0.15) is 0 Å². The van der Waals surface area contributed by atoms with Gasteiger partial charge in [-0.15, -0.1) is 0 Å². The molecule has 0 radical (unpaired) electrons. The van der Waals surface area contributed by atoms with Crippen LogP contribution < -0.4 is 5.32 Å². The van der Waals surface area contributed by atoms with Gasteiger partial charge in [0.05, 0.1) is 0 Å². The summed E-state index contributed by atoms with van der Waals surface area (Å²) in [5.74, 6) is -1.67. The maximum Gasteiger partial charge on any atom is 0.274 e. The summed E-state index contributed by atoms with van der Waals surface area (Å²) in [5.41, 5.74) is 4.77. The molecular weight excluding hydrogens is 404 g/mol. The highest BCUT2D eigenvalue weighted by Crippen LogP contribution is 2.29. The molecule has 0 fully saturated rings. The number of carbonyl (C=O) groups is 1. The second-order valence-corrected chi connectivity index (χ2v) is 7.83. The number of carbonyl (C=O) groups excluding carboxylic acids is 1. The van der Waals surface area contributed by atoms with Crippen LogP contribution in [-0.4, -0.2) is 44.1 Å². The Morgan fingerprint density at radius 1 is 0.938 bits per heavy atom. The van der Waals surface area contributed by atoms with E-state index in [0.717, 1.165) is 36.3 Å². The minimum atomic E-state index is -0.635. The number of hydrogen-bond donors (Lipinski definition) is 3. The van der Waals surface area contributed by atoms with Crippen LogP contribution in [0.15, 0.2) is 42.5 Å². The van der Waals surface area contributed by atoms with Crippen molar-refractivity contribution in [3.63, 3.8) is 0 Å². The SMILES string of the molecule is CCN(CC)Cc1ccc(-c2nc(O)c(O)c(C(=O)NCc3ccc(C)c(C)c3)n2)cc1. The molecule has 2 aromatic carbocycles. The van der Waals surface area contributed by atoms with Gasteiger partial charge in [-0.05, 0) is 49.2 Å². The van der Waals surface area contributed by atoms with Crippen LogP contribution in [0.2, 0.25) is 0 Å². The largest absolute Gasteiger partial charge is 0.501 e. The molecule has 0 bridgehead atoms. The predicted molar refractivity (Wildman–Crippen MR) is 125 cm³/mol. The van der Waals surface area contributed by atoms with Crippen LogP contribution in [0.4, 0.5) is 0 Å². The van der Waals surface area contributed by atoms with E-state index in [-0.39, 0.29) is 18.1 Å². The van der Waals surface area contributed by atoms with E-state index < -0.39 is 17.5 Å². The number of aromatic nitrogens is 2. The van der Waals surface area contributed by atoms with Crippen LogP contribution in [0.5, 0.6) is 11.6 Å². The van der Waals surface area contributed by atoms with E-state index in [9.17, 15) is 15.0 Å². The first kappa shape index (κ1) is 23.2. The molecule has 1 heterocycles. The Kier molecular flexibility index (Phi) is 7.43. The standard InChI is InChI=1S/C25H30N4O3/c1-5-29(6-2)15-18-9-11-20(12-10-18)23-27-21(22(30)25(32)28-23)24(31)26-14-19-8-7-16(3)17(4)13-19/h7-13,30H,5-6,14-15H2,1-4H3,(H,26,31)(H,27,28,32). The molecule has 0 aliphatic carbocycles. The summed E-state index contributed by atoms with van der Waals surface area (Å²) in [7, 11) is 0. The summed E-state index contributed by atoms with van der Waals surface area (Å²) in [6.07, 6.45) is 0. The van der Waals surface area contributed by atoms with Crippen molar-refractivity contribution < 1.29 is 15.0 Å². The van der Waals surface area contributed by atoms with Gasteiger partial charge in [-0.25, -0.2) is 4.98 Å². The first-order chi connectivity index (χ1) is 15.3. The Balaban J connectivity index is 1.79. The van der Waals surface area contributed by atoms with Gasteiger partial charge in [0.15, 0.2) is 11.5 Å². The number of nitrogens with one attached hydrogen (secondary N) is 1. The molecule has 0 aliphatic heterocycles. The summed E-state index contributed by atoms with van der Waals surface area (Å²) in [5, 5.41) is 23.0. The van der Waals surface area contributed by atoms with Crippen LogP contribution in [-0.2, 0) is 13.1 Å². The third-order valence-electron chi connectivity index (χ3n) is 5.62. The molecule has 0 aliphatic rings. The molecule has 7 nitrogen and oxygen atoms in total. The molecule has 32 heavy (non-hydrogen) atoms. The molecule has 1 amide bonds. The normalized spacial score (nSPS) is 11.0. The third-order valence-corrected chi connectivity index (χ3v) is 5.62. The second kappa shape index (κ2) is 10.2. The lowest BCUT2D eigenvalue weighted by Gasteiger charge is -2.18. The maximum absolute atomic E-state index is 12.7. The van der Waals surface area contributed by atoms with Crippen molar-refractivity contribution in [3.05, 3.63) is 70.4 Å². The van der Waals surface area contributed by atoms with Gasteiger partial charge in [-0.2, -0.15) is 4.98 Å². The van der Waals surface area contributed by atoms with E-state index in [1.165, 1.54) is 5.56 Å². The Hall–Kier alpha value is -3.45. The molecule has 0 unspecified atom stereocenters. The van der Waals surface area contributed by atoms with Crippen molar-refractivity contribution in [3.8, 4) is 23.0 Å². The van der Waals surface area contributed by atoms with E-state index in [0.29, 0.717) is 5.56 Å². The molecular formula is C25H30N4O3. The van der Waals surface area contributed by atoms with Crippen LogP contribution >= 0.6 is 0 Å². The Bertz CT molecular complexity index is 1090. The number of amides is 1. The molecule has 1 aromatic heterocycles. The van der Waals surface area contributed by atoms with Crippen LogP contribution in [0.1, 0.15) is 46.6 Å². The smallest absolute Gasteiger partial charge is 0.274 e. The number of nitrogens with zero attached hydrogens (tertiary/aromatic N) is 3. The van der Waals surface area contributed by atoms with Crippen molar-refractivity contribution in [2.45, 2.75) is 40.8 Å². The Morgan fingerprint density at radius 2 is 1.59 bits per heavy atom. The monoisotopic (exact) mass is 434 g/mol. The molecule has 0 atom stereocenters. The summed E-state index contributed by atoms with van der Waals surface area (Å²) in [6, 6.07) is 13.6. The van der Waals surface area contributed by atoms with Gasteiger partial charge in [0, 0.05) is 18.7 Å². The molecule has 168 valence electrons. The van der Waals surface area contributed by atoms with E-state index in [1.54, 1.807) is 0 Å². The number of aryl methyl sites for hydroxylation is 2. The van der Waals surface area contributed by atoms with E-state index in [4.69, 9.17) is 0 Å². The van der Waals surface area contributed by atoms with Crippen LogP contribution in [0.25, 0.3) is 11.4 Å². The molecule has 0 saturated heterocycles. The molecule has 0 saturated carbocycles. The topological polar surface area (TPSA) is 98.6 Å². The maximum atomic E-state index is 12.7. The Labute approximate surface area is 188 Å². The van der Waals surface area contributed by atoms with Crippen molar-refractivity contribution in [2.75, 3.05) is 13.1 Å². The number of hydrogen-bond acceptors (Lipinski definition) is 6. The van der Waals surface area contributed by atoms with Crippen molar-refractivity contribution >= 4 is 5.91 Å². The lowest BCUT2D eigenvalue weighted by atomic mass is 10.1. The summed E-state index contributed by atoms with van der Waals surface area (Å²) in [4.78, 5) is 23.2. The van der Waals surface area contributed by atoms with E-state index in [1.807, 2.05) is 56.3 Å². The first-order valence-corrected chi connectivity index (χ1v) is 10.8. The van der Waals surface area contributed by atoms with E-state index in [2.05, 4.69) is 34.0 Å². The fourth-order valence-corrected chi connectivity index (χ4v) is 3.37. The minimum absolute atomic E-state index is 0.172. The fourth-order valence-electron chi connectivity index (χ4n) is 3.37. The number of aromatic hydroxyl groups is 2. The lowest BCUT2D eigenvalue weighted by molar-refractivity contribution is 0.0942. The highest BCUT2D eigenvalue weighted by Gasteiger charge is 2.20. The van der Waals surface area contributed by atoms with Gasteiger partial charge >= 0.3 is 0 Å². The zero-order valence-corrected chi connectivity index (χ0v) is 19.0. The van der Waals surface area contributed by atoms with Gasteiger partial charge in [-0.1, -0.05) is 56.3 Å². The van der Waals surface area contributed by atoms with Crippen LogP contribution in [0.3, 0.4) is 0 Å². The average Bonchev–Trinajstić information content (AvgIpc) is 2.80. The van der Waals surface area contributed by atoms with Crippen LogP contribution in [0, 0.1) is 13.8 Å². The molecule has 3 N–H and O–H groups in total. The molecule has 7 heteroatoms. The van der Waals surface area contributed by atoms with Gasteiger partial charge < -0.3 is 15.5 Å². The lowest BCUT2D eigenvalue weighted by Crippen LogP contribution is -2.24. The Morgan fingerprint density at radius 3 is 2.22 bits per heavy atom. The van der Waals surface area contributed by atoms with Gasteiger partial charge in [0.25, 0.3) is 11.8 Å². The average molecular weight is 435 g/mol. The summed E-state index contributed by atoms with van der Waals surface area (Å²) >= 11 is 0. The number of benzene rings is 2. The summed E-state index contributed by atoms with van der Waals surface area (Å²) in [6.45, 7) is 11.3. The van der Waals surface area contributed by atoms with E-state index >= 15 is 0 Å². The molecule has 3 aromatic rings. The predicted octanol–water partition coefficient (Wildman–Crippen LogP) is 3.94. The molecule has 3 rings (SSSR count). The second-order valence-electron chi connectivity index (χ2n) is 7.83. The van der Waals surface area contributed by atoms with Gasteiger partial charge in [-0.3, -0.25) is 9.69 Å². The van der Waals surface area contributed by atoms with Crippen molar-refractivity contribution in [2.24, 2.45) is 0 Å². The van der Waals surface area contributed by atoms with Crippen molar-refractivity contribution in [1.82, 2.24) is 20.2 Å². The minimum Gasteiger partial charge on any atom is -0.501 e. The quantitative estimate of drug-likeness (QED) is 0.497. The summed E-state index contributed by atoms with van der Waals surface area (Å²) < 4.78 is 0. The highest BCUT2D eigenvalue weighted by atomic mass is 16.3. The number of rotatable bonds is 8. The van der Waals surface area contributed by atoms with Crippen molar-refractivity contribution in [1.29, 1.82) is 0 Å². The highest BCUT2D eigenvalue weighted by molar-refractivity contribution is 5.95. The zero-order chi connectivity index (χ0) is 23.3. The zero-order valence-electron chi connectivity index (χ0n) is 19.0.